The third-order valence-corrected chi connectivity index (χ3v) is 4.27. The van der Waals surface area contributed by atoms with E-state index in [-0.39, 0.29) is 17.5 Å². The Kier molecular flexibility index (Phi) is 3.51. The van der Waals surface area contributed by atoms with Gasteiger partial charge in [-0.1, -0.05) is 12.1 Å². The first kappa shape index (κ1) is 12.6. The Morgan fingerprint density at radius 1 is 1.26 bits per heavy atom. The van der Waals surface area contributed by atoms with Gasteiger partial charge in [0.2, 0.25) is 0 Å². The largest absolute Gasteiger partial charge is 0.349 e. The second kappa shape index (κ2) is 5.29. The molecular weight excluding hydrogens is 243 g/mol. The molecule has 19 heavy (non-hydrogen) atoms. The quantitative estimate of drug-likeness (QED) is 0.886. The van der Waals surface area contributed by atoms with E-state index in [0.29, 0.717) is 6.04 Å². The predicted molar refractivity (Wildman–Crippen MR) is 71.5 cm³/mol. The number of carbonyl (C=O) groups is 1. The average Bonchev–Trinajstić information content (AvgIpc) is 2.86. The van der Waals surface area contributed by atoms with Gasteiger partial charge in [-0.05, 0) is 44.4 Å². The maximum Gasteiger partial charge on any atom is 0.254 e. The fraction of sp³-hybridized carbons (Fsp3) is 0.533. The molecule has 1 N–H and O–H groups in total. The van der Waals surface area contributed by atoms with Crippen LogP contribution in [0.4, 0.5) is 4.39 Å². The summed E-state index contributed by atoms with van der Waals surface area (Å²) in [6.45, 7) is 2.24. The summed E-state index contributed by atoms with van der Waals surface area (Å²) in [5, 5.41) is 2.98. The second-order valence-corrected chi connectivity index (χ2v) is 5.51. The molecule has 2 heterocycles. The molecule has 1 amide bonds. The first-order valence-electron chi connectivity index (χ1n) is 7.03. The minimum atomic E-state index is -0.446. The van der Waals surface area contributed by atoms with E-state index >= 15 is 0 Å². The highest BCUT2D eigenvalue weighted by Gasteiger charge is 2.32. The van der Waals surface area contributed by atoms with Gasteiger partial charge < -0.3 is 10.2 Å². The van der Waals surface area contributed by atoms with Crippen LogP contribution in [0.15, 0.2) is 24.3 Å². The maximum absolute atomic E-state index is 13.5. The molecule has 0 radical (unpaired) electrons. The molecule has 1 aromatic rings. The van der Waals surface area contributed by atoms with E-state index in [0.717, 1.165) is 19.4 Å². The number of hydrogen-bond donors (Lipinski definition) is 1. The Bertz CT molecular complexity index is 477. The van der Waals surface area contributed by atoms with Crippen LogP contribution >= 0.6 is 0 Å². The lowest BCUT2D eigenvalue weighted by Crippen LogP contribution is -2.47. The maximum atomic E-state index is 13.5. The van der Waals surface area contributed by atoms with Crippen LogP contribution in [-0.2, 0) is 0 Å². The van der Waals surface area contributed by atoms with Crippen molar-refractivity contribution in [1.82, 2.24) is 10.2 Å². The molecule has 2 aliphatic heterocycles. The molecule has 0 spiro atoms. The number of nitrogens with zero attached hydrogens (tertiary/aromatic N) is 1. The van der Waals surface area contributed by atoms with E-state index in [1.807, 2.05) is 0 Å². The van der Waals surface area contributed by atoms with Gasteiger partial charge in [0.1, 0.15) is 5.82 Å². The van der Waals surface area contributed by atoms with E-state index in [4.69, 9.17) is 0 Å². The van der Waals surface area contributed by atoms with Crippen molar-refractivity contribution in [2.45, 2.75) is 37.8 Å². The fourth-order valence-corrected chi connectivity index (χ4v) is 3.26. The number of rotatable bonds is 2. The topological polar surface area (TPSA) is 32.3 Å². The molecule has 0 aliphatic carbocycles. The van der Waals surface area contributed by atoms with Crippen molar-refractivity contribution in [3.8, 4) is 0 Å². The van der Waals surface area contributed by atoms with Crippen molar-refractivity contribution >= 4 is 5.91 Å². The SMILES string of the molecule is O=C(NC1CCN2CCCC2C1)c1ccccc1F. The standard InChI is InChI=1S/C15H19FN2O/c16-14-6-2-1-5-13(14)15(19)17-11-7-9-18-8-3-4-12(18)10-11/h1-2,5-6,11-12H,3-4,7-10H2,(H,17,19). The third kappa shape index (κ3) is 2.63. The van der Waals surface area contributed by atoms with Crippen LogP contribution in [0, 0.1) is 5.82 Å². The Labute approximate surface area is 112 Å². The fourth-order valence-electron chi connectivity index (χ4n) is 3.26. The summed E-state index contributed by atoms with van der Waals surface area (Å²) in [5.41, 5.74) is 0.149. The number of halogens is 1. The molecule has 0 bridgehead atoms. The van der Waals surface area contributed by atoms with E-state index in [2.05, 4.69) is 10.2 Å². The summed E-state index contributed by atoms with van der Waals surface area (Å²) in [6.07, 6.45) is 4.46. The van der Waals surface area contributed by atoms with Crippen LogP contribution in [0.3, 0.4) is 0 Å². The van der Waals surface area contributed by atoms with Gasteiger partial charge in [0.15, 0.2) is 0 Å². The number of hydrogen-bond acceptors (Lipinski definition) is 2. The number of nitrogens with one attached hydrogen (secondary N) is 1. The number of amides is 1. The highest BCUT2D eigenvalue weighted by atomic mass is 19.1. The molecule has 0 saturated carbocycles. The summed E-state index contributed by atoms with van der Waals surface area (Å²) in [5.74, 6) is -0.729. The molecule has 2 saturated heterocycles. The first-order chi connectivity index (χ1) is 9.24. The van der Waals surface area contributed by atoms with Crippen LogP contribution in [0.2, 0.25) is 0 Å². The van der Waals surface area contributed by atoms with Crippen molar-refractivity contribution in [2.75, 3.05) is 13.1 Å². The van der Waals surface area contributed by atoms with Crippen LogP contribution in [0.1, 0.15) is 36.0 Å². The van der Waals surface area contributed by atoms with Crippen molar-refractivity contribution in [3.05, 3.63) is 35.6 Å². The molecule has 3 nitrogen and oxygen atoms in total. The summed E-state index contributed by atoms with van der Waals surface area (Å²) >= 11 is 0. The van der Waals surface area contributed by atoms with E-state index in [1.54, 1.807) is 12.1 Å². The lowest BCUT2D eigenvalue weighted by atomic mass is 9.97. The third-order valence-electron chi connectivity index (χ3n) is 4.27. The smallest absolute Gasteiger partial charge is 0.254 e. The lowest BCUT2D eigenvalue weighted by molar-refractivity contribution is 0.0892. The zero-order valence-electron chi connectivity index (χ0n) is 10.9. The van der Waals surface area contributed by atoms with E-state index in [9.17, 15) is 9.18 Å². The lowest BCUT2D eigenvalue weighted by Gasteiger charge is -2.35. The van der Waals surface area contributed by atoms with Crippen LogP contribution in [0.5, 0.6) is 0 Å². The van der Waals surface area contributed by atoms with Gasteiger partial charge in [-0.2, -0.15) is 0 Å². The van der Waals surface area contributed by atoms with Crippen molar-refractivity contribution < 1.29 is 9.18 Å². The molecular formula is C15H19FN2O. The van der Waals surface area contributed by atoms with Gasteiger partial charge in [-0.3, -0.25) is 4.79 Å². The van der Waals surface area contributed by atoms with Gasteiger partial charge >= 0.3 is 0 Å². The molecule has 2 aliphatic rings. The Balaban J connectivity index is 1.62. The zero-order chi connectivity index (χ0) is 13.2. The van der Waals surface area contributed by atoms with E-state index < -0.39 is 5.82 Å². The minimum Gasteiger partial charge on any atom is -0.349 e. The number of fused-ring (bicyclic) bond motifs is 1. The van der Waals surface area contributed by atoms with Gasteiger partial charge in [-0.15, -0.1) is 0 Å². The highest BCUT2D eigenvalue weighted by molar-refractivity contribution is 5.94. The first-order valence-corrected chi connectivity index (χ1v) is 7.03. The minimum absolute atomic E-state index is 0.149. The average molecular weight is 262 g/mol. The van der Waals surface area contributed by atoms with Crippen LogP contribution in [0.25, 0.3) is 0 Å². The van der Waals surface area contributed by atoms with Crippen molar-refractivity contribution in [3.63, 3.8) is 0 Å². The zero-order valence-corrected chi connectivity index (χ0v) is 10.9. The predicted octanol–water partition coefficient (Wildman–Crippen LogP) is 2.18. The molecule has 2 fully saturated rings. The molecule has 4 heteroatoms. The number of benzene rings is 1. The normalized spacial score (nSPS) is 27.0. The van der Waals surface area contributed by atoms with E-state index in [1.165, 1.54) is 31.5 Å². The highest BCUT2D eigenvalue weighted by Crippen LogP contribution is 2.27. The summed E-state index contributed by atoms with van der Waals surface area (Å²) < 4.78 is 13.5. The molecule has 1 aromatic carbocycles. The van der Waals surface area contributed by atoms with Crippen LogP contribution < -0.4 is 5.32 Å². The van der Waals surface area contributed by atoms with Gasteiger partial charge in [-0.25, -0.2) is 4.39 Å². The number of carbonyl (C=O) groups excluding carboxylic acids is 1. The molecule has 2 unspecified atom stereocenters. The summed E-state index contributed by atoms with van der Waals surface area (Å²) in [6, 6.07) is 6.95. The summed E-state index contributed by atoms with van der Waals surface area (Å²) in [7, 11) is 0. The molecule has 102 valence electrons. The van der Waals surface area contributed by atoms with Crippen LogP contribution in [-0.4, -0.2) is 36.0 Å². The van der Waals surface area contributed by atoms with Gasteiger partial charge in [0.05, 0.1) is 5.56 Å². The monoisotopic (exact) mass is 262 g/mol. The van der Waals surface area contributed by atoms with Gasteiger partial charge in [0.25, 0.3) is 5.91 Å². The molecule has 3 rings (SSSR count). The van der Waals surface area contributed by atoms with Crippen molar-refractivity contribution in [1.29, 1.82) is 0 Å². The number of piperidine rings is 1. The Hall–Kier alpha value is -1.42. The molecule has 0 aromatic heterocycles. The summed E-state index contributed by atoms with van der Waals surface area (Å²) in [4.78, 5) is 14.6. The Morgan fingerprint density at radius 2 is 2.11 bits per heavy atom. The van der Waals surface area contributed by atoms with Gasteiger partial charge in [0, 0.05) is 18.6 Å². The Morgan fingerprint density at radius 3 is 2.95 bits per heavy atom. The molecule has 2 atom stereocenters. The second-order valence-electron chi connectivity index (χ2n) is 5.51. The van der Waals surface area contributed by atoms with Crippen molar-refractivity contribution in [2.24, 2.45) is 0 Å².